The molecule has 0 saturated heterocycles. The summed E-state index contributed by atoms with van der Waals surface area (Å²) in [6.07, 6.45) is 3.34. The van der Waals surface area contributed by atoms with Crippen LogP contribution < -0.4 is 11.2 Å². The lowest BCUT2D eigenvalue weighted by atomic mass is 10.1. The summed E-state index contributed by atoms with van der Waals surface area (Å²) in [5, 5.41) is 10.7. The first kappa shape index (κ1) is 21.3. The van der Waals surface area contributed by atoms with Crippen LogP contribution in [0.4, 0.5) is 5.95 Å². The van der Waals surface area contributed by atoms with Crippen molar-refractivity contribution in [1.82, 2.24) is 19.1 Å². The second-order valence-corrected chi connectivity index (χ2v) is 7.55. The van der Waals surface area contributed by atoms with E-state index < -0.39 is 11.2 Å². The molecule has 0 fully saturated rings. The minimum Gasteiger partial charge on any atom is -0.494 e. The van der Waals surface area contributed by atoms with Crippen molar-refractivity contribution in [3.05, 3.63) is 86.6 Å². The quantitative estimate of drug-likeness (QED) is 0.417. The van der Waals surface area contributed by atoms with Crippen LogP contribution in [0.25, 0.3) is 11.0 Å². The van der Waals surface area contributed by atoms with E-state index in [-0.39, 0.29) is 18.0 Å². The Balaban J connectivity index is 1.74. The van der Waals surface area contributed by atoms with Crippen molar-refractivity contribution in [2.75, 3.05) is 0 Å². The van der Waals surface area contributed by atoms with Crippen LogP contribution in [0.15, 0.2) is 69.2 Å². The smallest absolute Gasteiger partial charge is 0.333 e. The standard InChI is InChI=1S/C24H25N5O3/c1-2-3-14-28-21(30)18(16-25-23-26-19-11-7-8-12-20(19)27-23)22(31)29(24(28)32)15-13-17-9-5-4-6-10-17/h4-12,16,30H,2-3,13-15H2,1H3,(H,26,27). The number of rotatable bonds is 8. The van der Waals surface area contributed by atoms with Gasteiger partial charge in [-0.1, -0.05) is 55.8 Å². The highest BCUT2D eigenvalue weighted by Crippen LogP contribution is 2.16. The summed E-state index contributed by atoms with van der Waals surface area (Å²) < 4.78 is 2.41. The Morgan fingerprint density at radius 2 is 1.78 bits per heavy atom. The number of para-hydroxylation sites is 2. The van der Waals surface area contributed by atoms with Crippen LogP contribution in [-0.2, 0) is 19.5 Å². The maximum Gasteiger partial charge on any atom is 0.333 e. The number of aromatic amines is 1. The Morgan fingerprint density at radius 3 is 2.53 bits per heavy atom. The van der Waals surface area contributed by atoms with Gasteiger partial charge in [-0.25, -0.2) is 14.8 Å². The lowest BCUT2D eigenvalue weighted by molar-refractivity contribution is 0.382. The van der Waals surface area contributed by atoms with Crippen molar-refractivity contribution in [3.8, 4) is 5.88 Å². The fourth-order valence-electron chi connectivity index (χ4n) is 3.55. The molecule has 2 heterocycles. The predicted octanol–water partition coefficient (Wildman–Crippen LogP) is 3.39. The highest BCUT2D eigenvalue weighted by molar-refractivity contribution is 5.84. The second-order valence-electron chi connectivity index (χ2n) is 7.55. The number of aromatic hydroxyl groups is 1. The lowest BCUT2D eigenvalue weighted by Crippen LogP contribution is -2.42. The molecule has 8 heteroatoms. The fourth-order valence-corrected chi connectivity index (χ4v) is 3.55. The SMILES string of the molecule is CCCCn1c(O)c(C=Nc2nc3ccccc3[nH]2)c(=O)n(CCc2ccccc2)c1=O. The lowest BCUT2D eigenvalue weighted by Gasteiger charge is -2.14. The third-order valence-corrected chi connectivity index (χ3v) is 5.33. The van der Waals surface area contributed by atoms with Crippen molar-refractivity contribution in [1.29, 1.82) is 0 Å². The van der Waals surface area contributed by atoms with E-state index in [1.807, 2.05) is 61.5 Å². The molecule has 0 aliphatic heterocycles. The van der Waals surface area contributed by atoms with Crippen molar-refractivity contribution >= 4 is 23.2 Å². The maximum atomic E-state index is 13.1. The summed E-state index contributed by atoms with van der Waals surface area (Å²) in [6, 6.07) is 17.1. The van der Waals surface area contributed by atoms with Gasteiger partial charge in [-0.3, -0.25) is 13.9 Å². The molecule has 4 aromatic rings. The van der Waals surface area contributed by atoms with Crippen molar-refractivity contribution in [2.45, 2.75) is 39.3 Å². The number of benzene rings is 2. The van der Waals surface area contributed by atoms with Gasteiger partial charge in [-0.15, -0.1) is 0 Å². The van der Waals surface area contributed by atoms with Crippen LogP contribution in [0.1, 0.15) is 30.9 Å². The first-order valence-electron chi connectivity index (χ1n) is 10.7. The molecule has 0 aliphatic carbocycles. The molecule has 0 atom stereocenters. The van der Waals surface area contributed by atoms with Gasteiger partial charge in [0.05, 0.1) is 11.0 Å². The molecule has 0 amide bonds. The zero-order valence-electron chi connectivity index (χ0n) is 17.9. The third-order valence-electron chi connectivity index (χ3n) is 5.33. The Labute approximate surface area is 184 Å². The molecule has 0 unspecified atom stereocenters. The number of aliphatic imine (C=N–C) groups is 1. The number of nitrogens with zero attached hydrogens (tertiary/aromatic N) is 4. The average Bonchev–Trinajstić information content (AvgIpc) is 3.22. The van der Waals surface area contributed by atoms with Gasteiger partial charge in [0, 0.05) is 19.3 Å². The molecule has 0 spiro atoms. The molecule has 2 aromatic heterocycles. The number of aromatic nitrogens is 4. The van der Waals surface area contributed by atoms with E-state index in [2.05, 4.69) is 15.0 Å². The summed E-state index contributed by atoms with van der Waals surface area (Å²) >= 11 is 0. The molecule has 0 radical (unpaired) electrons. The van der Waals surface area contributed by atoms with E-state index in [4.69, 9.17) is 0 Å². The van der Waals surface area contributed by atoms with Gasteiger partial charge in [0.15, 0.2) is 0 Å². The van der Waals surface area contributed by atoms with Crippen LogP contribution in [0.3, 0.4) is 0 Å². The Bertz CT molecular complexity index is 1330. The van der Waals surface area contributed by atoms with E-state index in [9.17, 15) is 14.7 Å². The van der Waals surface area contributed by atoms with Crippen LogP contribution >= 0.6 is 0 Å². The largest absolute Gasteiger partial charge is 0.494 e. The van der Waals surface area contributed by atoms with Crippen molar-refractivity contribution < 1.29 is 5.11 Å². The molecule has 2 N–H and O–H groups in total. The number of hydrogen-bond acceptors (Lipinski definition) is 5. The fraction of sp³-hybridized carbons (Fsp3) is 0.250. The monoisotopic (exact) mass is 431 g/mol. The summed E-state index contributed by atoms with van der Waals surface area (Å²) in [5.41, 5.74) is 1.46. The topological polar surface area (TPSA) is 105 Å². The van der Waals surface area contributed by atoms with Crippen molar-refractivity contribution in [3.63, 3.8) is 0 Å². The van der Waals surface area contributed by atoms with Crippen LogP contribution in [0, 0.1) is 0 Å². The maximum absolute atomic E-state index is 13.1. The highest BCUT2D eigenvalue weighted by Gasteiger charge is 2.17. The molecule has 0 bridgehead atoms. The van der Waals surface area contributed by atoms with E-state index >= 15 is 0 Å². The van der Waals surface area contributed by atoms with Gasteiger partial charge in [0.25, 0.3) is 5.56 Å². The Morgan fingerprint density at radius 1 is 1.03 bits per heavy atom. The molecule has 8 nitrogen and oxygen atoms in total. The molecule has 4 rings (SSSR count). The molecule has 0 saturated carbocycles. The average molecular weight is 431 g/mol. The van der Waals surface area contributed by atoms with Gasteiger partial charge < -0.3 is 10.1 Å². The van der Waals surface area contributed by atoms with E-state index in [0.29, 0.717) is 25.3 Å². The first-order valence-corrected chi connectivity index (χ1v) is 10.7. The molecular formula is C24H25N5O3. The van der Waals surface area contributed by atoms with Gasteiger partial charge >= 0.3 is 5.69 Å². The van der Waals surface area contributed by atoms with Gasteiger partial charge in [0.2, 0.25) is 11.8 Å². The summed E-state index contributed by atoms with van der Waals surface area (Å²) in [6.45, 7) is 2.52. The number of hydrogen-bond donors (Lipinski definition) is 2. The molecule has 164 valence electrons. The van der Waals surface area contributed by atoms with E-state index in [1.165, 1.54) is 15.3 Å². The minimum absolute atomic E-state index is 0.0331. The van der Waals surface area contributed by atoms with Gasteiger partial charge in [-0.2, -0.15) is 0 Å². The molecule has 0 aliphatic rings. The molecular weight excluding hydrogens is 406 g/mol. The van der Waals surface area contributed by atoms with Crippen LogP contribution in [0.2, 0.25) is 0 Å². The highest BCUT2D eigenvalue weighted by atomic mass is 16.3. The number of aryl methyl sites for hydroxylation is 1. The molecule has 32 heavy (non-hydrogen) atoms. The number of H-pyrrole nitrogens is 1. The van der Waals surface area contributed by atoms with E-state index in [0.717, 1.165) is 23.0 Å². The number of imidazole rings is 1. The van der Waals surface area contributed by atoms with Gasteiger partial charge in [0.1, 0.15) is 5.56 Å². The second kappa shape index (κ2) is 9.47. The normalized spacial score (nSPS) is 11.5. The number of unbranched alkanes of at least 4 members (excludes halogenated alkanes) is 1. The van der Waals surface area contributed by atoms with E-state index in [1.54, 1.807) is 0 Å². The third kappa shape index (κ3) is 4.39. The summed E-state index contributed by atoms with van der Waals surface area (Å²) in [5.74, 6) is -0.0589. The van der Waals surface area contributed by atoms with Crippen LogP contribution in [-0.4, -0.2) is 30.4 Å². The predicted molar refractivity (Wildman–Crippen MR) is 125 cm³/mol. The summed E-state index contributed by atoms with van der Waals surface area (Å²) in [4.78, 5) is 37.8. The summed E-state index contributed by atoms with van der Waals surface area (Å²) in [7, 11) is 0. The zero-order chi connectivity index (χ0) is 22.5. The first-order chi connectivity index (χ1) is 15.6. The zero-order valence-corrected chi connectivity index (χ0v) is 17.9. The Hall–Kier alpha value is -3.94. The minimum atomic E-state index is -0.573. The van der Waals surface area contributed by atoms with Gasteiger partial charge in [-0.05, 0) is 30.5 Å². The molecule has 2 aromatic carbocycles. The van der Waals surface area contributed by atoms with Crippen LogP contribution in [0.5, 0.6) is 5.88 Å². The Kier molecular flexibility index (Phi) is 6.30. The number of nitrogens with one attached hydrogen (secondary N) is 1. The van der Waals surface area contributed by atoms with Crippen molar-refractivity contribution in [2.24, 2.45) is 4.99 Å². The number of fused-ring (bicyclic) bond motifs is 1.